The van der Waals surface area contributed by atoms with E-state index in [4.69, 9.17) is 0 Å². The van der Waals surface area contributed by atoms with Crippen LogP contribution in [0.5, 0.6) is 0 Å². The number of benzene rings is 1. The number of rotatable bonds is 5. The van der Waals surface area contributed by atoms with Gasteiger partial charge >= 0.3 is 0 Å². The number of aliphatic hydroxyl groups is 1. The maximum absolute atomic E-state index is 12.4. The van der Waals surface area contributed by atoms with Crippen molar-refractivity contribution in [2.45, 2.75) is 50.1 Å². The van der Waals surface area contributed by atoms with Crippen LogP contribution in [0.25, 0.3) is 0 Å². The Bertz CT molecular complexity index is 702. The monoisotopic (exact) mass is 347 g/mol. The van der Waals surface area contributed by atoms with Gasteiger partial charge in [0.05, 0.1) is 23.7 Å². The smallest absolute Gasteiger partial charge is 0.237 e. The summed E-state index contributed by atoms with van der Waals surface area (Å²) in [6.07, 6.45) is 1.62. The van der Waals surface area contributed by atoms with E-state index in [0.29, 0.717) is 5.16 Å². The lowest BCUT2D eigenvalue weighted by molar-refractivity contribution is -0.115. The average Bonchev–Trinajstić information content (AvgIpc) is 2.87. The topological polar surface area (TPSA) is 67.2 Å². The van der Waals surface area contributed by atoms with Gasteiger partial charge in [-0.3, -0.25) is 4.79 Å². The van der Waals surface area contributed by atoms with Crippen molar-refractivity contribution in [2.24, 2.45) is 7.05 Å². The quantitative estimate of drug-likeness (QED) is 0.814. The molecule has 1 amide bonds. The molecule has 0 aliphatic heterocycles. The summed E-state index contributed by atoms with van der Waals surface area (Å²) in [6, 6.07) is 7.94. The van der Waals surface area contributed by atoms with Gasteiger partial charge in [0.1, 0.15) is 0 Å². The summed E-state index contributed by atoms with van der Waals surface area (Å²) in [6.45, 7) is 8.26. The fraction of sp³-hybridized carbons (Fsp3) is 0.444. The van der Waals surface area contributed by atoms with Gasteiger partial charge in [-0.25, -0.2) is 4.98 Å². The molecule has 1 aromatic heterocycles. The highest BCUT2D eigenvalue weighted by Crippen LogP contribution is 2.25. The molecule has 0 aliphatic rings. The summed E-state index contributed by atoms with van der Waals surface area (Å²) in [5, 5.41) is 12.6. The van der Waals surface area contributed by atoms with Gasteiger partial charge in [-0.15, -0.1) is 0 Å². The predicted octanol–water partition coefficient (Wildman–Crippen LogP) is 3.33. The van der Waals surface area contributed by atoms with Gasteiger partial charge in [-0.05, 0) is 30.0 Å². The van der Waals surface area contributed by atoms with Crippen LogP contribution in [-0.4, -0.2) is 25.8 Å². The summed E-state index contributed by atoms with van der Waals surface area (Å²) in [5.41, 5.74) is 2.83. The Labute approximate surface area is 147 Å². The molecule has 1 atom stereocenters. The zero-order chi connectivity index (χ0) is 17.9. The third kappa shape index (κ3) is 4.39. The van der Waals surface area contributed by atoms with Crippen LogP contribution in [0.4, 0.5) is 5.69 Å². The molecule has 0 spiro atoms. The van der Waals surface area contributed by atoms with Crippen molar-refractivity contribution in [3.63, 3.8) is 0 Å². The van der Waals surface area contributed by atoms with E-state index >= 15 is 0 Å². The Hall–Kier alpha value is -1.79. The van der Waals surface area contributed by atoms with Gasteiger partial charge in [0.25, 0.3) is 0 Å². The maximum Gasteiger partial charge on any atom is 0.237 e. The van der Waals surface area contributed by atoms with Crippen molar-refractivity contribution in [3.05, 3.63) is 41.7 Å². The maximum atomic E-state index is 12.4. The zero-order valence-corrected chi connectivity index (χ0v) is 15.6. The largest absolute Gasteiger partial charge is 0.390 e. The second kappa shape index (κ2) is 7.40. The van der Waals surface area contributed by atoms with Crippen LogP contribution in [-0.2, 0) is 23.9 Å². The number of aromatic nitrogens is 2. The number of imidazole rings is 1. The Morgan fingerprint density at radius 1 is 1.33 bits per heavy atom. The Morgan fingerprint density at radius 3 is 2.46 bits per heavy atom. The average molecular weight is 347 g/mol. The molecule has 2 rings (SSSR count). The highest BCUT2D eigenvalue weighted by Gasteiger charge is 2.18. The van der Waals surface area contributed by atoms with Crippen LogP contribution in [0, 0.1) is 0 Å². The third-order valence-electron chi connectivity index (χ3n) is 3.87. The summed E-state index contributed by atoms with van der Waals surface area (Å²) in [5.74, 6) is -0.0722. The number of aliphatic hydroxyl groups excluding tert-OH is 1. The van der Waals surface area contributed by atoms with Gasteiger partial charge in [-0.1, -0.05) is 44.7 Å². The van der Waals surface area contributed by atoms with Gasteiger partial charge in [0.2, 0.25) is 5.91 Å². The van der Waals surface area contributed by atoms with Crippen LogP contribution in [0.15, 0.2) is 35.6 Å². The molecule has 0 fully saturated rings. The summed E-state index contributed by atoms with van der Waals surface area (Å²) >= 11 is 1.37. The minimum atomic E-state index is -0.292. The highest BCUT2D eigenvalue weighted by atomic mass is 32.2. The van der Waals surface area contributed by atoms with Crippen molar-refractivity contribution in [2.75, 3.05) is 5.32 Å². The molecule has 1 aromatic carbocycles. The Kier molecular flexibility index (Phi) is 5.72. The van der Waals surface area contributed by atoms with Gasteiger partial charge < -0.3 is 15.0 Å². The van der Waals surface area contributed by atoms with Crippen LogP contribution in [0.3, 0.4) is 0 Å². The van der Waals surface area contributed by atoms with Gasteiger partial charge in [0, 0.05) is 12.7 Å². The molecule has 24 heavy (non-hydrogen) atoms. The fourth-order valence-electron chi connectivity index (χ4n) is 2.19. The number of anilines is 1. The second-order valence-corrected chi connectivity index (χ2v) is 8.13. The van der Waals surface area contributed by atoms with Crippen LogP contribution in [0.2, 0.25) is 0 Å². The lowest BCUT2D eigenvalue weighted by Gasteiger charge is -2.19. The first-order chi connectivity index (χ1) is 11.2. The number of amides is 1. The first-order valence-corrected chi connectivity index (χ1v) is 8.80. The highest BCUT2D eigenvalue weighted by molar-refractivity contribution is 8.00. The number of hydrogen-bond donors (Lipinski definition) is 2. The van der Waals surface area contributed by atoms with E-state index in [0.717, 1.165) is 11.4 Å². The molecule has 1 unspecified atom stereocenters. The Morgan fingerprint density at radius 2 is 1.96 bits per heavy atom. The molecule has 0 bridgehead atoms. The normalized spacial score (nSPS) is 12.9. The molecule has 130 valence electrons. The standard InChI is InChI=1S/C18H25N3O2S/c1-12(24-17-19-10-15(11-22)21(17)5)16(23)20-14-8-6-13(7-9-14)18(2,3)4/h6-10,12,22H,11H2,1-5H3,(H,20,23). The molecule has 0 aliphatic carbocycles. The molecular formula is C18H25N3O2S. The van der Waals surface area contributed by atoms with Crippen molar-refractivity contribution >= 4 is 23.4 Å². The van der Waals surface area contributed by atoms with Gasteiger partial charge in [0.15, 0.2) is 5.16 Å². The number of carbonyl (C=O) groups is 1. The van der Waals surface area contributed by atoms with E-state index < -0.39 is 0 Å². The van der Waals surface area contributed by atoms with Crippen molar-refractivity contribution in [1.29, 1.82) is 0 Å². The molecule has 0 radical (unpaired) electrons. The Balaban J connectivity index is 1.99. The molecule has 6 heteroatoms. The summed E-state index contributed by atoms with van der Waals surface area (Å²) in [7, 11) is 1.83. The van der Waals surface area contributed by atoms with Crippen LogP contribution < -0.4 is 5.32 Å². The molecule has 2 aromatic rings. The van der Waals surface area contributed by atoms with E-state index in [2.05, 4.69) is 31.1 Å². The first kappa shape index (κ1) is 18.5. The molecular weight excluding hydrogens is 322 g/mol. The van der Waals surface area contributed by atoms with Crippen LogP contribution >= 0.6 is 11.8 Å². The zero-order valence-electron chi connectivity index (χ0n) is 14.8. The molecule has 0 saturated carbocycles. The van der Waals surface area contributed by atoms with Crippen molar-refractivity contribution < 1.29 is 9.90 Å². The van der Waals surface area contributed by atoms with Gasteiger partial charge in [-0.2, -0.15) is 0 Å². The lowest BCUT2D eigenvalue weighted by Crippen LogP contribution is -2.23. The molecule has 2 N–H and O–H groups in total. The minimum Gasteiger partial charge on any atom is -0.390 e. The minimum absolute atomic E-state index is 0.0647. The van der Waals surface area contributed by atoms with E-state index in [1.807, 2.05) is 38.2 Å². The van der Waals surface area contributed by atoms with E-state index in [1.54, 1.807) is 10.8 Å². The second-order valence-electron chi connectivity index (χ2n) is 6.83. The van der Waals surface area contributed by atoms with Crippen molar-refractivity contribution in [1.82, 2.24) is 9.55 Å². The van der Waals surface area contributed by atoms with E-state index in [1.165, 1.54) is 17.3 Å². The number of nitrogens with zero attached hydrogens (tertiary/aromatic N) is 2. The SMILES string of the molecule is CC(Sc1ncc(CO)n1C)C(=O)Nc1ccc(C(C)(C)C)cc1. The summed E-state index contributed by atoms with van der Waals surface area (Å²) in [4.78, 5) is 16.6. The predicted molar refractivity (Wildman–Crippen MR) is 98.2 cm³/mol. The lowest BCUT2D eigenvalue weighted by atomic mass is 9.87. The first-order valence-electron chi connectivity index (χ1n) is 7.92. The molecule has 1 heterocycles. The number of thioether (sulfide) groups is 1. The van der Waals surface area contributed by atoms with E-state index in [-0.39, 0.29) is 23.2 Å². The van der Waals surface area contributed by atoms with E-state index in [9.17, 15) is 9.90 Å². The fourth-order valence-corrected chi connectivity index (χ4v) is 3.06. The number of carbonyl (C=O) groups excluding carboxylic acids is 1. The summed E-state index contributed by atoms with van der Waals surface area (Å²) < 4.78 is 1.80. The number of nitrogens with one attached hydrogen (secondary N) is 1. The number of hydrogen-bond acceptors (Lipinski definition) is 4. The molecule has 5 nitrogen and oxygen atoms in total. The third-order valence-corrected chi connectivity index (χ3v) is 5.03. The molecule has 0 saturated heterocycles. The van der Waals surface area contributed by atoms with Crippen LogP contribution in [0.1, 0.15) is 39.0 Å². The van der Waals surface area contributed by atoms with Crippen molar-refractivity contribution in [3.8, 4) is 0 Å².